The zero-order chi connectivity index (χ0) is 9.97. The van der Waals surface area contributed by atoms with Crippen LogP contribution in [-0.4, -0.2) is 9.35 Å². The normalized spacial score (nSPS) is 10.0. The van der Waals surface area contributed by atoms with Crippen molar-refractivity contribution in [1.29, 1.82) is 0 Å². The number of aromatic nitrogens is 4. The predicted molar refractivity (Wildman–Crippen MR) is 52.8 cm³/mol. The first-order valence-electron chi connectivity index (χ1n) is 4.27. The van der Waals surface area contributed by atoms with Crippen molar-refractivity contribution < 1.29 is 9.13 Å². The van der Waals surface area contributed by atoms with Gasteiger partial charge in [-0.15, -0.1) is 0 Å². The number of hydrogen-bond donors (Lipinski definition) is 0. The Hall–Kier alpha value is -2.10. The molecule has 0 fully saturated rings. The second-order valence-electron chi connectivity index (χ2n) is 2.85. The number of imidazole rings is 2. The zero-order valence-electron chi connectivity index (χ0n) is 7.82. The van der Waals surface area contributed by atoms with Gasteiger partial charge in [-0.1, -0.05) is 22.5 Å². The third-order valence-corrected chi connectivity index (χ3v) is 1.97. The minimum atomic E-state index is 1.74. The molecular weight excluding hydrogens is 176 g/mol. The Labute approximate surface area is 82.2 Å². The summed E-state index contributed by atoms with van der Waals surface area (Å²) in [5.41, 5.74) is 0. The summed E-state index contributed by atoms with van der Waals surface area (Å²) < 4.78 is 7.61. The molecule has 4 nitrogen and oxygen atoms in total. The van der Waals surface area contributed by atoms with Crippen molar-refractivity contribution in [3.8, 4) is 0 Å². The molecule has 0 N–H and O–H groups in total. The topological polar surface area (TPSA) is 17.6 Å². The Kier molecular flexibility index (Phi) is 2.02. The highest BCUT2D eigenvalue weighted by Gasteiger charge is 2.09. The maximum Gasteiger partial charge on any atom is 0.290 e. The fourth-order valence-corrected chi connectivity index (χ4v) is 1.21. The maximum atomic E-state index is 3.68. The molecule has 0 bridgehead atoms. The van der Waals surface area contributed by atoms with E-state index in [1.54, 1.807) is 12.4 Å². The van der Waals surface area contributed by atoms with Crippen LogP contribution in [0.4, 0.5) is 0 Å². The smallest absolute Gasteiger partial charge is 0.206 e. The van der Waals surface area contributed by atoms with E-state index in [0.29, 0.717) is 0 Å². The van der Waals surface area contributed by atoms with Crippen LogP contribution in [0.3, 0.4) is 0 Å². The summed E-state index contributed by atoms with van der Waals surface area (Å²) in [7, 11) is 0. The monoisotopic (exact) mass is 188 g/mol. The van der Waals surface area contributed by atoms with Crippen LogP contribution in [0.2, 0.25) is 0 Å². The van der Waals surface area contributed by atoms with E-state index in [4.69, 9.17) is 0 Å². The van der Waals surface area contributed by atoms with Crippen molar-refractivity contribution in [2.75, 3.05) is 0 Å². The van der Waals surface area contributed by atoms with E-state index in [1.165, 1.54) is 0 Å². The van der Waals surface area contributed by atoms with Gasteiger partial charge in [0.05, 0.1) is 12.4 Å². The molecule has 0 aliphatic rings. The maximum absolute atomic E-state index is 3.68. The Morgan fingerprint density at radius 3 is 1.57 bits per heavy atom. The van der Waals surface area contributed by atoms with Crippen molar-refractivity contribution in [1.82, 2.24) is 9.35 Å². The molecule has 2 aromatic heterocycles. The van der Waals surface area contributed by atoms with Crippen molar-refractivity contribution in [3.05, 3.63) is 50.6 Å². The average Bonchev–Trinajstić information content (AvgIpc) is 2.86. The van der Waals surface area contributed by atoms with Crippen LogP contribution < -0.4 is 9.13 Å². The molecule has 2 rings (SSSR count). The minimum absolute atomic E-state index is 1.74. The Balaban J connectivity index is 2.38. The van der Waals surface area contributed by atoms with Gasteiger partial charge in [0.2, 0.25) is 0 Å². The molecular formula is C10H12N4+2. The lowest BCUT2D eigenvalue weighted by atomic mass is 10.8. The van der Waals surface area contributed by atoms with E-state index in [2.05, 4.69) is 13.2 Å². The molecule has 0 saturated carbocycles. The van der Waals surface area contributed by atoms with Crippen LogP contribution in [-0.2, 0) is 0 Å². The van der Waals surface area contributed by atoms with E-state index in [0.717, 1.165) is 0 Å². The van der Waals surface area contributed by atoms with Crippen LogP contribution in [0, 0.1) is 0 Å². The van der Waals surface area contributed by atoms with Gasteiger partial charge < -0.3 is 0 Å². The Morgan fingerprint density at radius 2 is 1.29 bits per heavy atom. The summed E-state index contributed by atoms with van der Waals surface area (Å²) >= 11 is 0. The molecule has 0 atom stereocenters. The van der Waals surface area contributed by atoms with Crippen LogP contribution in [0.5, 0.6) is 0 Å². The quantitative estimate of drug-likeness (QED) is 0.620. The molecule has 70 valence electrons. The SMILES string of the molecule is C=C[n+]1ccn(-n2cc[n+](C=C)c2)c1. The standard InChI is InChI=1S/C10H12N4/c1-3-11-5-7-13(9-11)14-8-6-12(4-2)10-14/h3-10H,1-2H2/q+2. The van der Waals surface area contributed by atoms with E-state index >= 15 is 0 Å². The van der Waals surface area contributed by atoms with Crippen molar-refractivity contribution >= 4 is 12.4 Å². The van der Waals surface area contributed by atoms with E-state index in [1.807, 2.05) is 55.9 Å². The van der Waals surface area contributed by atoms with Gasteiger partial charge in [-0.3, -0.25) is 0 Å². The molecule has 0 saturated heterocycles. The summed E-state index contributed by atoms with van der Waals surface area (Å²) in [6.07, 6.45) is 15.0. The second-order valence-corrected chi connectivity index (χ2v) is 2.85. The van der Waals surface area contributed by atoms with Gasteiger partial charge in [-0.25, -0.2) is 9.13 Å². The molecule has 0 radical (unpaired) electrons. The van der Waals surface area contributed by atoms with Gasteiger partial charge >= 0.3 is 0 Å². The second kappa shape index (κ2) is 3.33. The highest BCUT2D eigenvalue weighted by atomic mass is 15.5. The summed E-state index contributed by atoms with van der Waals surface area (Å²) in [5.74, 6) is 0. The summed E-state index contributed by atoms with van der Waals surface area (Å²) in [4.78, 5) is 0. The van der Waals surface area contributed by atoms with E-state index < -0.39 is 0 Å². The highest BCUT2D eigenvalue weighted by molar-refractivity contribution is 4.96. The van der Waals surface area contributed by atoms with Crippen LogP contribution in [0.25, 0.3) is 12.4 Å². The van der Waals surface area contributed by atoms with Gasteiger partial charge in [-0.05, 0) is 0 Å². The molecule has 2 aromatic rings. The molecule has 0 spiro atoms. The molecule has 0 aliphatic heterocycles. The van der Waals surface area contributed by atoms with Gasteiger partial charge in [-0.2, -0.15) is 0 Å². The van der Waals surface area contributed by atoms with Crippen molar-refractivity contribution in [2.24, 2.45) is 0 Å². The first-order chi connectivity index (χ1) is 6.83. The van der Waals surface area contributed by atoms with E-state index in [-0.39, 0.29) is 0 Å². The molecule has 4 heteroatoms. The first-order valence-corrected chi connectivity index (χ1v) is 4.27. The fourth-order valence-electron chi connectivity index (χ4n) is 1.21. The number of nitrogens with zero attached hydrogens (tertiary/aromatic N) is 4. The van der Waals surface area contributed by atoms with Gasteiger partial charge in [0.25, 0.3) is 12.7 Å². The molecule has 0 aromatic carbocycles. The number of rotatable bonds is 3. The van der Waals surface area contributed by atoms with E-state index in [9.17, 15) is 0 Å². The minimum Gasteiger partial charge on any atom is -0.206 e. The predicted octanol–water partition coefficient (Wildman–Crippen LogP) is 0.377. The molecule has 0 aliphatic carbocycles. The Morgan fingerprint density at radius 1 is 0.857 bits per heavy atom. The third kappa shape index (κ3) is 1.37. The lowest BCUT2D eigenvalue weighted by molar-refractivity contribution is -0.570. The molecule has 0 amide bonds. The van der Waals surface area contributed by atoms with Crippen LogP contribution in [0.15, 0.2) is 50.6 Å². The lowest BCUT2D eigenvalue weighted by Gasteiger charge is -1.84. The molecule has 14 heavy (non-hydrogen) atoms. The largest absolute Gasteiger partial charge is 0.290 e. The summed E-state index contributed by atoms with van der Waals surface area (Å²) in [5, 5.41) is 0. The summed E-state index contributed by atoms with van der Waals surface area (Å²) in [6, 6.07) is 0. The lowest BCUT2D eigenvalue weighted by Crippen LogP contribution is -2.24. The zero-order valence-corrected chi connectivity index (χ0v) is 7.82. The molecule has 2 heterocycles. The third-order valence-electron chi connectivity index (χ3n) is 1.97. The average molecular weight is 188 g/mol. The highest BCUT2D eigenvalue weighted by Crippen LogP contribution is 1.88. The molecule has 0 unspecified atom stereocenters. The number of hydrogen-bond acceptors (Lipinski definition) is 0. The Bertz CT molecular complexity index is 420. The summed E-state index contributed by atoms with van der Waals surface area (Å²) in [6.45, 7) is 7.36. The fraction of sp³-hybridized carbons (Fsp3) is 0. The van der Waals surface area contributed by atoms with Crippen molar-refractivity contribution in [2.45, 2.75) is 0 Å². The van der Waals surface area contributed by atoms with Crippen LogP contribution >= 0.6 is 0 Å². The van der Waals surface area contributed by atoms with Gasteiger partial charge in [0, 0.05) is 0 Å². The van der Waals surface area contributed by atoms with Crippen molar-refractivity contribution in [3.63, 3.8) is 0 Å². The van der Waals surface area contributed by atoms with Gasteiger partial charge in [0.1, 0.15) is 12.4 Å². The first kappa shape index (κ1) is 8.50. The van der Waals surface area contributed by atoms with Gasteiger partial charge in [0.15, 0.2) is 12.4 Å². The van der Waals surface area contributed by atoms with Crippen LogP contribution in [0.1, 0.15) is 0 Å².